The van der Waals surface area contributed by atoms with Crippen LogP contribution in [-0.2, 0) is 4.74 Å². The Morgan fingerprint density at radius 3 is 2.29 bits per heavy atom. The molecule has 3 heteroatoms. The van der Waals surface area contributed by atoms with Crippen molar-refractivity contribution in [2.45, 2.75) is 52.3 Å². The largest absolute Gasteiger partial charge is 0.377 e. The predicted octanol–water partition coefficient (Wildman–Crippen LogP) is 3.47. The Hall–Kier alpha value is -0.900. The zero-order valence-electron chi connectivity index (χ0n) is 14.5. The molecule has 1 atom stereocenters. The van der Waals surface area contributed by atoms with E-state index in [4.69, 9.17) is 4.74 Å². The lowest BCUT2D eigenvalue weighted by atomic mass is 10.0. The molecule has 0 aliphatic heterocycles. The molecule has 0 fully saturated rings. The third kappa shape index (κ3) is 7.60. The Morgan fingerprint density at radius 1 is 1.14 bits per heavy atom. The van der Waals surface area contributed by atoms with E-state index in [-0.39, 0.29) is 5.54 Å². The van der Waals surface area contributed by atoms with Gasteiger partial charge in [0.2, 0.25) is 0 Å². The summed E-state index contributed by atoms with van der Waals surface area (Å²) < 4.78 is 5.68. The van der Waals surface area contributed by atoms with Gasteiger partial charge < -0.3 is 10.1 Å². The molecule has 1 aromatic carbocycles. The quantitative estimate of drug-likeness (QED) is 0.794. The number of nitrogens with one attached hydrogen (secondary N) is 1. The molecule has 0 saturated heterocycles. The molecule has 0 aliphatic carbocycles. The Labute approximate surface area is 130 Å². The van der Waals surface area contributed by atoms with E-state index in [0.717, 1.165) is 19.7 Å². The van der Waals surface area contributed by atoms with E-state index in [1.165, 1.54) is 5.56 Å². The van der Waals surface area contributed by atoms with Crippen molar-refractivity contribution in [3.05, 3.63) is 35.9 Å². The number of hydrogen-bond donors (Lipinski definition) is 1. The number of rotatable bonds is 8. The van der Waals surface area contributed by atoms with Gasteiger partial charge in [0.05, 0.1) is 12.7 Å². The van der Waals surface area contributed by atoms with Crippen LogP contribution in [0.5, 0.6) is 0 Å². The molecule has 0 saturated carbocycles. The fourth-order valence-electron chi connectivity index (χ4n) is 2.19. The summed E-state index contributed by atoms with van der Waals surface area (Å²) >= 11 is 0. The maximum Gasteiger partial charge on any atom is 0.0597 e. The van der Waals surface area contributed by atoms with Crippen molar-refractivity contribution >= 4 is 0 Å². The van der Waals surface area contributed by atoms with Gasteiger partial charge in [-0.1, -0.05) is 30.3 Å². The normalized spacial score (nSPS) is 13.9. The average molecular weight is 292 g/mol. The summed E-state index contributed by atoms with van der Waals surface area (Å²) in [7, 11) is 2.17. The summed E-state index contributed by atoms with van der Waals surface area (Å²) in [4.78, 5) is 2.37. The van der Waals surface area contributed by atoms with E-state index in [1.54, 1.807) is 0 Å². The molecule has 0 aromatic heterocycles. The molecule has 0 amide bonds. The number of hydrogen-bond acceptors (Lipinski definition) is 3. The van der Waals surface area contributed by atoms with Crippen LogP contribution >= 0.6 is 0 Å². The second-order valence-electron chi connectivity index (χ2n) is 6.96. The summed E-state index contributed by atoms with van der Waals surface area (Å²) in [6.45, 7) is 13.4. The fourth-order valence-corrected chi connectivity index (χ4v) is 2.19. The van der Waals surface area contributed by atoms with Gasteiger partial charge in [0, 0.05) is 24.7 Å². The monoisotopic (exact) mass is 292 g/mol. The predicted molar refractivity (Wildman–Crippen MR) is 90.7 cm³/mol. The van der Waals surface area contributed by atoms with Gasteiger partial charge in [-0.05, 0) is 47.2 Å². The molecule has 0 aliphatic rings. The molecule has 0 spiro atoms. The van der Waals surface area contributed by atoms with Crippen LogP contribution in [0.1, 0.15) is 46.2 Å². The molecule has 0 heterocycles. The summed E-state index contributed by atoms with van der Waals surface area (Å²) in [5, 5.41) is 3.62. The van der Waals surface area contributed by atoms with Gasteiger partial charge in [0.1, 0.15) is 0 Å². The molecule has 21 heavy (non-hydrogen) atoms. The van der Waals surface area contributed by atoms with E-state index in [0.29, 0.717) is 12.1 Å². The molecule has 1 unspecified atom stereocenters. The highest BCUT2D eigenvalue weighted by Gasteiger charge is 2.19. The third-order valence-corrected chi connectivity index (χ3v) is 3.44. The molecular weight excluding hydrogens is 260 g/mol. The smallest absolute Gasteiger partial charge is 0.0597 e. The first-order valence-electron chi connectivity index (χ1n) is 7.91. The van der Waals surface area contributed by atoms with Gasteiger partial charge in [0.15, 0.2) is 0 Å². The molecule has 3 nitrogen and oxygen atoms in total. The van der Waals surface area contributed by atoms with Crippen LogP contribution in [0.15, 0.2) is 30.3 Å². The van der Waals surface area contributed by atoms with Crippen molar-refractivity contribution in [2.75, 3.05) is 26.7 Å². The second-order valence-corrected chi connectivity index (χ2v) is 6.96. The standard InChI is InChI=1S/C18H32N2O/c1-15(2)21-13-12-20(6)17(14-19-18(3,4)5)16-10-8-7-9-11-16/h7-11,15,17,19H,12-14H2,1-6H3. The third-order valence-electron chi connectivity index (χ3n) is 3.44. The Kier molecular flexibility index (Phi) is 7.36. The molecule has 0 bridgehead atoms. The lowest BCUT2D eigenvalue weighted by molar-refractivity contribution is 0.0550. The van der Waals surface area contributed by atoms with Crippen molar-refractivity contribution in [2.24, 2.45) is 0 Å². The van der Waals surface area contributed by atoms with Gasteiger partial charge in [-0.15, -0.1) is 0 Å². The van der Waals surface area contributed by atoms with Crippen LogP contribution in [0.25, 0.3) is 0 Å². The number of likely N-dealkylation sites (N-methyl/N-ethyl adjacent to an activating group) is 1. The van der Waals surface area contributed by atoms with E-state index >= 15 is 0 Å². The summed E-state index contributed by atoms with van der Waals surface area (Å²) in [6, 6.07) is 11.1. The van der Waals surface area contributed by atoms with E-state index < -0.39 is 0 Å². The Morgan fingerprint density at radius 2 is 1.76 bits per heavy atom. The van der Waals surface area contributed by atoms with Gasteiger partial charge in [-0.3, -0.25) is 4.90 Å². The van der Waals surface area contributed by atoms with Gasteiger partial charge in [0.25, 0.3) is 0 Å². The number of nitrogens with zero attached hydrogens (tertiary/aromatic N) is 1. The van der Waals surface area contributed by atoms with Crippen molar-refractivity contribution in [1.29, 1.82) is 0 Å². The number of ether oxygens (including phenoxy) is 1. The highest BCUT2D eigenvalue weighted by molar-refractivity contribution is 5.19. The van der Waals surface area contributed by atoms with E-state index in [9.17, 15) is 0 Å². The van der Waals surface area contributed by atoms with E-state index in [2.05, 4.69) is 82.2 Å². The van der Waals surface area contributed by atoms with Gasteiger partial charge >= 0.3 is 0 Å². The first-order valence-corrected chi connectivity index (χ1v) is 7.91. The van der Waals surface area contributed by atoms with Crippen LogP contribution in [0.4, 0.5) is 0 Å². The molecule has 0 radical (unpaired) electrons. The van der Waals surface area contributed by atoms with Crippen molar-refractivity contribution in [1.82, 2.24) is 10.2 Å². The first-order chi connectivity index (χ1) is 9.79. The molecular formula is C18H32N2O. The lowest BCUT2D eigenvalue weighted by Gasteiger charge is -2.32. The highest BCUT2D eigenvalue weighted by Crippen LogP contribution is 2.19. The SMILES string of the molecule is CC(C)OCCN(C)C(CNC(C)(C)C)c1ccccc1. The van der Waals surface area contributed by atoms with Crippen LogP contribution in [0.2, 0.25) is 0 Å². The maximum absolute atomic E-state index is 5.68. The van der Waals surface area contributed by atoms with Crippen molar-refractivity contribution in [3.63, 3.8) is 0 Å². The minimum absolute atomic E-state index is 0.127. The Balaban J connectivity index is 2.67. The second kappa shape index (κ2) is 8.52. The molecule has 120 valence electrons. The summed E-state index contributed by atoms with van der Waals surface area (Å²) in [5.41, 5.74) is 1.48. The zero-order chi connectivity index (χ0) is 15.9. The molecule has 1 N–H and O–H groups in total. The maximum atomic E-state index is 5.68. The van der Waals surface area contributed by atoms with Crippen LogP contribution in [-0.4, -0.2) is 43.3 Å². The fraction of sp³-hybridized carbons (Fsp3) is 0.667. The average Bonchev–Trinajstić information content (AvgIpc) is 2.38. The van der Waals surface area contributed by atoms with Crippen LogP contribution < -0.4 is 5.32 Å². The molecule has 1 rings (SSSR count). The minimum atomic E-state index is 0.127. The molecule has 1 aromatic rings. The summed E-state index contributed by atoms with van der Waals surface area (Å²) in [6.07, 6.45) is 0.293. The number of benzene rings is 1. The highest BCUT2D eigenvalue weighted by atomic mass is 16.5. The Bertz CT molecular complexity index is 384. The van der Waals surface area contributed by atoms with Crippen LogP contribution in [0, 0.1) is 0 Å². The summed E-state index contributed by atoms with van der Waals surface area (Å²) in [5.74, 6) is 0. The van der Waals surface area contributed by atoms with Gasteiger partial charge in [-0.25, -0.2) is 0 Å². The zero-order valence-corrected chi connectivity index (χ0v) is 14.5. The van der Waals surface area contributed by atoms with Crippen molar-refractivity contribution < 1.29 is 4.74 Å². The minimum Gasteiger partial charge on any atom is -0.377 e. The van der Waals surface area contributed by atoms with Crippen molar-refractivity contribution in [3.8, 4) is 0 Å². The van der Waals surface area contributed by atoms with Gasteiger partial charge in [-0.2, -0.15) is 0 Å². The van der Waals surface area contributed by atoms with Crippen LogP contribution in [0.3, 0.4) is 0 Å². The topological polar surface area (TPSA) is 24.5 Å². The van der Waals surface area contributed by atoms with E-state index in [1.807, 2.05) is 0 Å². The first kappa shape index (κ1) is 18.1. The lowest BCUT2D eigenvalue weighted by Crippen LogP contribution is -2.43.